The van der Waals surface area contributed by atoms with Gasteiger partial charge in [0.2, 0.25) is 0 Å². The van der Waals surface area contributed by atoms with E-state index in [1.165, 1.54) is 16.3 Å². The second-order valence-electron chi connectivity index (χ2n) is 4.22. The molecule has 0 fully saturated rings. The minimum absolute atomic E-state index is 0.116. The topological polar surface area (TPSA) is 20.2 Å². The van der Waals surface area contributed by atoms with Crippen LogP contribution in [0.25, 0.3) is 10.8 Å². The number of benzene rings is 2. The molecule has 1 nitrogen and oxygen atoms in total. The summed E-state index contributed by atoms with van der Waals surface area (Å²) in [6, 6.07) is 12.5. The molecular weight excluding hydrogens is 184 g/mol. The van der Waals surface area contributed by atoms with Gasteiger partial charge in [0.25, 0.3) is 0 Å². The highest BCUT2D eigenvalue weighted by molar-refractivity contribution is 5.86. The van der Waals surface area contributed by atoms with Gasteiger partial charge in [-0.15, -0.1) is 0 Å². The predicted octanol–water partition coefficient (Wildman–Crippen LogP) is 3.46. The van der Waals surface area contributed by atoms with Gasteiger partial charge in [-0.2, -0.15) is 0 Å². The van der Waals surface area contributed by atoms with E-state index in [1.807, 2.05) is 6.07 Å². The quantitative estimate of drug-likeness (QED) is 0.787. The fraction of sp³-hybridized carbons (Fsp3) is 0.286. The Bertz CT molecular complexity index is 472. The van der Waals surface area contributed by atoms with Crippen LogP contribution >= 0.6 is 0 Å². The number of fused-ring (bicyclic) bond motifs is 1. The van der Waals surface area contributed by atoms with Gasteiger partial charge < -0.3 is 5.11 Å². The van der Waals surface area contributed by atoms with Crippen molar-refractivity contribution in [1.29, 1.82) is 0 Å². The number of aliphatic hydroxyl groups excluding tert-OH is 1. The SMILES string of the molecule is CC(C)c1cc(CO)cc2ccccc12. The summed E-state index contributed by atoms with van der Waals surface area (Å²) in [5, 5.41) is 11.7. The van der Waals surface area contributed by atoms with Crippen molar-refractivity contribution in [3.8, 4) is 0 Å². The van der Waals surface area contributed by atoms with Gasteiger partial charge in [0.1, 0.15) is 0 Å². The average molecular weight is 200 g/mol. The van der Waals surface area contributed by atoms with E-state index in [9.17, 15) is 5.11 Å². The summed E-state index contributed by atoms with van der Waals surface area (Å²) in [5.74, 6) is 0.487. The van der Waals surface area contributed by atoms with Crippen LogP contribution in [0.1, 0.15) is 30.9 Å². The normalized spacial score (nSPS) is 11.2. The lowest BCUT2D eigenvalue weighted by atomic mass is 9.94. The maximum atomic E-state index is 9.20. The average Bonchev–Trinajstić information content (AvgIpc) is 2.27. The molecule has 0 aromatic heterocycles. The molecule has 0 aliphatic carbocycles. The zero-order chi connectivity index (χ0) is 10.8. The molecule has 0 unspecified atom stereocenters. The monoisotopic (exact) mass is 200 g/mol. The van der Waals surface area contributed by atoms with Gasteiger partial charge >= 0.3 is 0 Å². The van der Waals surface area contributed by atoms with Gasteiger partial charge in [-0.1, -0.05) is 44.2 Å². The molecule has 0 amide bonds. The fourth-order valence-corrected chi connectivity index (χ4v) is 1.97. The molecule has 2 aromatic carbocycles. The Kier molecular flexibility index (Phi) is 2.74. The molecule has 2 rings (SSSR count). The molecule has 0 spiro atoms. The van der Waals surface area contributed by atoms with Crippen LogP contribution in [0, 0.1) is 0 Å². The molecule has 0 aliphatic rings. The maximum absolute atomic E-state index is 9.20. The van der Waals surface area contributed by atoms with Crippen LogP contribution in [0.3, 0.4) is 0 Å². The van der Waals surface area contributed by atoms with Crippen molar-refractivity contribution < 1.29 is 5.11 Å². The molecule has 0 bridgehead atoms. The zero-order valence-corrected chi connectivity index (χ0v) is 9.20. The van der Waals surface area contributed by atoms with Gasteiger partial charge in [-0.3, -0.25) is 0 Å². The lowest BCUT2D eigenvalue weighted by molar-refractivity contribution is 0.282. The molecule has 0 saturated carbocycles. The molecule has 0 radical (unpaired) electrons. The molecular formula is C14H16O. The van der Waals surface area contributed by atoms with Crippen molar-refractivity contribution in [3.63, 3.8) is 0 Å². The highest BCUT2D eigenvalue weighted by Gasteiger charge is 2.06. The van der Waals surface area contributed by atoms with Crippen molar-refractivity contribution in [2.24, 2.45) is 0 Å². The summed E-state index contributed by atoms with van der Waals surface area (Å²) in [4.78, 5) is 0. The molecule has 0 aliphatic heterocycles. The first-order valence-electron chi connectivity index (χ1n) is 5.35. The molecule has 0 atom stereocenters. The van der Waals surface area contributed by atoms with E-state index in [4.69, 9.17) is 0 Å². The highest BCUT2D eigenvalue weighted by Crippen LogP contribution is 2.27. The fourth-order valence-electron chi connectivity index (χ4n) is 1.97. The third kappa shape index (κ3) is 1.88. The summed E-state index contributed by atoms with van der Waals surface area (Å²) in [6.07, 6.45) is 0. The van der Waals surface area contributed by atoms with Crippen LogP contribution in [0.5, 0.6) is 0 Å². The third-order valence-corrected chi connectivity index (χ3v) is 2.76. The van der Waals surface area contributed by atoms with Crippen LogP contribution in [0.2, 0.25) is 0 Å². The van der Waals surface area contributed by atoms with Crippen LogP contribution < -0.4 is 0 Å². The van der Waals surface area contributed by atoms with Crippen LogP contribution in [-0.4, -0.2) is 5.11 Å². The van der Waals surface area contributed by atoms with Crippen LogP contribution in [0.15, 0.2) is 36.4 Å². The van der Waals surface area contributed by atoms with Crippen molar-refractivity contribution in [3.05, 3.63) is 47.5 Å². The van der Waals surface area contributed by atoms with Gasteiger partial charge in [-0.25, -0.2) is 0 Å². The number of rotatable bonds is 2. The van der Waals surface area contributed by atoms with Crippen molar-refractivity contribution >= 4 is 10.8 Å². The summed E-state index contributed by atoms with van der Waals surface area (Å²) >= 11 is 0. The Hall–Kier alpha value is -1.34. The van der Waals surface area contributed by atoms with E-state index in [1.54, 1.807) is 0 Å². The number of aliphatic hydroxyl groups is 1. The van der Waals surface area contributed by atoms with Gasteiger partial charge in [0.05, 0.1) is 6.61 Å². The zero-order valence-electron chi connectivity index (χ0n) is 9.20. The Balaban J connectivity index is 2.74. The van der Waals surface area contributed by atoms with E-state index in [2.05, 4.69) is 44.2 Å². The lowest BCUT2D eigenvalue weighted by Gasteiger charge is -2.12. The van der Waals surface area contributed by atoms with Gasteiger partial charge in [-0.05, 0) is 33.9 Å². The van der Waals surface area contributed by atoms with E-state index >= 15 is 0 Å². The van der Waals surface area contributed by atoms with Gasteiger partial charge in [0, 0.05) is 0 Å². The molecule has 0 heterocycles. The molecule has 0 saturated heterocycles. The minimum Gasteiger partial charge on any atom is -0.392 e. The second kappa shape index (κ2) is 4.03. The largest absolute Gasteiger partial charge is 0.392 e. The van der Waals surface area contributed by atoms with Crippen molar-refractivity contribution in [2.45, 2.75) is 26.4 Å². The third-order valence-electron chi connectivity index (χ3n) is 2.76. The highest BCUT2D eigenvalue weighted by atomic mass is 16.3. The molecule has 1 heteroatoms. The standard InChI is InChI=1S/C14H16O/c1-10(2)14-8-11(9-15)7-12-5-3-4-6-13(12)14/h3-8,10,15H,9H2,1-2H3. The van der Waals surface area contributed by atoms with Crippen molar-refractivity contribution in [1.82, 2.24) is 0 Å². The van der Waals surface area contributed by atoms with Crippen LogP contribution in [-0.2, 0) is 6.61 Å². The van der Waals surface area contributed by atoms with Crippen LogP contribution in [0.4, 0.5) is 0 Å². The molecule has 2 aromatic rings. The van der Waals surface area contributed by atoms with Crippen molar-refractivity contribution in [2.75, 3.05) is 0 Å². The first-order valence-corrected chi connectivity index (χ1v) is 5.35. The van der Waals surface area contributed by atoms with E-state index in [-0.39, 0.29) is 6.61 Å². The second-order valence-corrected chi connectivity index (χ2v) is 4.22. The first kappa shape index (κ1) is 10.2. The number of hydrogen-bond acceptors (Lipinski definition) is 1. The summed E-state index contributed by atoms with van der Waals surface area (Å²) in [6.45, 7) is 4.48. The Labute approximate surface area is 90.4 Å². The Morgan fingerprint density at radius 3 is 2.53 bits per heavy atom. The lowest BCUT2D eigenvalue weighted by Crippen LogP contribution is -1.93. The Morgan fingerprint density at radius 2 is 1.87 bits per heavy atom. The molecule has 1 N–H and O–H groups in total. The maximum Gasteiger partial charge on any atom is 0.0682 e. The summed E-state index contributed by atoms with van der Waals surface area (Å²) in [5.41, 5.74) is 2.31. The first-order chi connectivity index (χ1) is 7.22. The Morgan fingerprint density at radius 1 is 1.13 bits per heavy atom. The molecule has 78 valence electrons. The molecule has 15 heavy (non-hydrogen) atoms. The summed E-state index contributed by atoms with van der Waals surface area (Å²) < 4.78 is 0. The van der Waals surface area contributed by atoms with E-state index < -0.39 is 0 Å². The number of hydrogen-bond donors (Lipinski definition) is 1. The van der Waals surface area contributed by atoms with E-state index in [0.717, 1.165) is 5.56 Å². The van der Waals surface area contributed by atoms with Gasteiger partial charge in [0.15, 0.2) is 0 Å². The predicted molar refractivity (Wildman–Crippen MR) is 64.0 cm³/mol. The smallest absolute Gasteiger partial charge is 0.0682 e. The van der Waals surface area contributed by atoms with E-state index in [0.29, 0.717) is 5.92 Å². The summed E-state index contributed by atoms with van der Waals surface area (Å²) in [7, 11) is 0. The minimum atomic E-state index is 0.116.